The number of halogens is 2. The van der Waals surface area contributed by atoms with E-state index in [0.29, 0.717) is 11.9 Å². The molecular formula is C16H16BrClO. The Morgan fingerprint density at radius 3 is 2.26 bits per heavy atom. The highest BCUT2D eigenvalue weighted by Crippen LogP contribution is 2.29. The van der Waals surface area contributed by atoms with E-state index in [1.165, 1.54) is 16.7 Å². The summed E-state index contributed by atoms with van der Waals surface area (Å²) >= 11 is 9.61. The van der Waals surface area contributed by atoms with Crippen LogP contribution in [-0.4, -0.2) is 0 Å². The first-order chi connectivity index (χ1) is 9.13. The molecule has 3 heteroatoms. The van der Waals surface area contributed by atoms with Crippen molar-refractivity contribution in [3.63, 3.8) is 0 Å². The molecule has 0 saturated heterocycles. The van der Waals surface area contributed by atoms with Crippen LogP contribution in [0, 0.1) is 13.8 Å². The number of hydrogen-bond acceptors (Lipinski definition) is 1. The molecule has 19 heavy (non-hydrogen) atoms. The highest BCUT2D eigenvalue weighted by molar-refractivity contribution is 9.08. The Kier molecular flexibility index (Phi) is 4.89. The molecule has 0 aliphatic heterocycles. The Hall–Kier alpha value is -0.990. The fourth-order valence-corrected chi connectivity index (χ4v) is 3.00. The Bertz CT molecular complexity index is 561. The van der Waals surface area contributed by atoms with Crippen LogP contribution in [0.3, 0.4) is 0 Å². The molecule has 100 valence electrons. The zero-order chi connectivity index (χ0) is 13.8. The van der Waals surface area contributed by atoms with Gasteiger partial charge in [0.05, 0.1) is 0 Å². The molecule has 0 spiro atoms. The van der Waals surface area contributed by atoms with Crippen molar-refractivity contribution in [2.24, 2.45) is 0 Å². The van der Waals surface area contributed by atoms with Crippen molar-refractivity contribution < 1.29 is 4.74 Å². The van der Waals surface area contributed by atoms with Crippen molar-refractivity contribution in [3.8, 4) is 5.75 Å². The van der Waals surface area contributed by atoms with Crippen molar-refractivity contribution in [3.05, 3.63) is 63.7 Å². The normalized spacial score (nSPS) is 10.5. The van der Waals surface area contributed by atoms with Crippen LogP contribution in [0.25, 0.3) is 0 Å². The summed E-state index contributed by atoms with van der Waals surface area (Å²) in [6.45, 7) is 4.78. The van der Waals surface area contributed by atoms with E-state index in [4.69, 9.17) is 16.3 Å². The minimum absolute atomic E-state index is 0.568. The van der Waals surface area contributed by atoms with Gasteiger partial charge >= 0.3 is 0 Å². The predicted octanol–water partition coefficient (Wildman–Crippen LogP) is 5.43. The molecule has 0 saturated carbocycles. The minimum Gasteiger partial charge on any atom is -0.489 e. The van der Waals surface area contributed by atoms with Crippen LogP contribution in [0.4, 0.5) is 0 Å². The molecule has 0 fully saturated rings. The molecule has 1 nitrogen and oxygen atoms in total. The second-order valence-electron chi connectivity index (χ2n) is 4.51. The van der Waals surface area contributed by atoms with Crippen LogP contribution in [0.2, 0.25) is 5.02 Å². The molecule has 0 aliphatic rings. The molecule has 0 atom stereocenters. The van der Waals surface area contributed by atoms with Crippen molar-refractivity contribution >= 4 is 27.5 Å². The van der Waals surface area contributed by atoms with Crippen molar-refractivity contribution in [2.45, 2.75) is 25.8 Å². The smallest absolute Gasteiger partial charge is 0.125 e. The number of benzene rings is 2. The average molecular weight is 340 g/mol. The van der Waals surface area contributed by atoms with Crippen LogP contribution < -0.4 is 4.74 Å². The van der Waals surface area contributed by atoms with Gasteiger partial charge in [0.2, 0.25) is 0 Å². The molecule has 0 N–H and O–H groups in total. The van der Waals surface area contributed by atoms with E-state index in [9.17, 15) is 0 Å². The predicted molar refractivity (Wildman–Crippen MR) is 84.3 cm³/mol. The fourth-order valence-electron chi connectivity index (χ4n) is 2.03. The molecule has 0 radical (unpaired) electrons. The van der Waals surface area contributed by atoms with E-state index in [1.807, 2.05) is 18.2 Å². The van der Waals surface area contributed by atoms with Crippen LogP contribution in [-0.2, 0) is 11.9 Å². The fraction of sp³-hybridized carbons (Fsp3) is 0.250. The van der Waals surface area contributed by atoms with E-state index in [1.54, 1.807) is 0 Å². The van der Waals surface area contributed by atoms with Crippen molar-refractivity contribution in [1.29, 1.82) is 0 Å². The monoisotopic (exact) mass is 338 g/mol. The first kappa shape index (κ1) is 14.4. The summed E-state index contributed by atoms with van der Waals surface area (Å²) in [5, 5.41) is 1.42. The van der Waals surface area contributed by atoms with Gasteiger partial charge in [-0.3, -0.25) is 0 Å². The van der Waals surface area contributed by atoms with Gasteiger partial charge in [0.25, 0.3) is 0 Å². The summed E-state index contributed by atoms with van der Waals surface area (Å²) in [4.78, 5) is 0. The minimum atomic E-state index is 0.568. The quantitative estimate of drug-likeness (QED) is 0.675. The number of alkyl halides is 1. The van der Waals surface area contributed by atoms with E-state index >= 15 is 0 Å². The molecule has 0 amide bonds. The molecule has 2 aromatic rings. The van der Waals surface area contributed by atoms with Gasteiger partial charge in [0.15, 0.2) is 0 Å². The van der Waals surface area contributed by atoms with E-state index in [2.05, 4.69) is 48.0 Å². The van der Waals surface area contributed by atoms with E-state index < -0.39 is 0 Å². The molecule has 0 bridgehead atoms. The van der Waals surface area contributed by atoms with Gasteiger partial charge in [-0.15, -0.1) is 0 Å². The highest BCUT2D eigenvalue weighted by atomic mass is 79.9. The molecule has 2 aromatic carbocycles. The first-order valence-corrected chi connectivity index (χ1v) is 7.64. The molecule has 2 rings (SSSR count). The number of rotatable bonds is 4. The average Bonchev–Trinajstić information content (AvgIpc) is 2.38. The summed E-state index contributed by atoms with van der Waals surface area (Å²) in [7, 11) is 0. The number of hydrogen-bond donors (Lipinski definition) is 0. The lowest BCUT2D eigenvalue weighted by molar-refractivity contribution is 0.302. The van der Waals surface area contributed by atoms with Gasteiger partial charge in [0, 0.05) is 15.9 Å². The second-order valence-corrected chi connectivity index (χ2v) is 5.48. The van der Waals surface area contributed by atoms with Crippen LogP contribution >= 0.6 is 27.5 Å². The largest absolute Gasteiger partial charge is 0.489 e. The van der Waals surface area contributed by atoms with E-state index in [-0.39, 0.29) is 0 Å². The van der Waals surface area contributed by atoms with Gasteiger partial charge < -0.3 is 4.74 Å². The molecular weight excluding hydrogens is 324 g/mol. The maximum atomic E-state index is 6.16. The first-order valence-electron chi connectivity index (χ1n) is 6.14. The van der Waals surface area contributed by atoms with Crippen LogP contribution in [0.15, 0.2) is 36.4 Å². The van der Waals surface area contributed by atoms with Gasteiger partial charge in [-0.05, 0) is 42.7 Å². The van der Waals surface area contributed by atoms with Gasteiger partial charge in [0.1, 0.15) is 12.4 Å². The highest BCUT2D eigenvalue weighted by Gasteiger charge is 2.08. The third kappa shape index (κ3) is 3.31. The lowest BCUT2D eigenvalue weighted by Gasteiger charge is -2.14. The van der Waals surface area contributed by atoms with E-state index in [0.717, 1.165) is 16.3 Å². The lowest BCUT2D eigenvalue weighted by atomic mass is 10.0. The van der Waals surface area contributed by atoms with Crippen molar-refractivity contribution in [1.82, 2.24) is 0 Å². The van der Waals surface area contributed by atoms with Crippen molar-refractivity contribution in [2.75, 3.05) is 0 Å². The Balaban J connectivity index is 2.22. The van der Waals surface area contributed by atoms with Gasteiger partial charge in [-0.25, -0.2) is 0 Å². The molecule has 0 aromatic heterocycles. The summed E-state index contributed by atoms with van der Waals surface area (Å²) in [5.41, 5.74) is 4.74. The summed E-state index contributed by atoms with van der Waals surface area (Å²) in [6.07, 6.45) is 0. The zero-order valence-corrected chi connectivity index (χ0v) is 13.4. The standard InChI is InChI=1S/C16H16BrClO/c1-11-5-3-6-12(2)14(11)10-19-16-8-4-7-15(18)13(16)9-17/h3-8H,9-10H2,1-2H3. The van der Waals surface area contributed by atoms with Crippen LogP contribution in [0.1, 0.15) is 22.3 Å². The Morgan fingerprint density at radius 1 is 1.00 bits per heavy atom. The maximum Gasteiger partial charge on any atom is 0.125 e. The zero-order valence-electron chi connectivity index (χ0n) is 11.0. The van der Waals surface area contributed by atoms with Crippen LogP contribution in [0.5, 0.6) is 5.75 Å². The topological polar surface area (TPSA) is 9.23 Å². The maximum absolute atomic E-state index is 6.16. The molecule has 0 aliphatic carbocycles. The molecule has 0 unspecified atom stereocenters. The van der Waals surface area contributed by atoms with Gasteiger partial charge in [-0.2, -0.15) is 0 Å². The number of aryl methyl sites for hydroxylation is 2. The SMILES string of the molecule is Cc1cccc(C)c1COc1cccc(Cl)c1CBr. The summed E-state index contributed by atoms with van der Waals surface area (Å²) in [5.74, 6) is 0.840. The third-order valence-corrected chi connectivity index (χ3v) is 4.14. The summed E-state index contributed by atoms with van der Waals surface area (Å²) < 4.78 is 5.94. The van der Waals surface area contributed by atoms with Gasteiger partial charge in [-0.1, -0.05) is 51.8 Å². The lowest BCUT2D eigenvalue weighted by Crippen LogP contribution is -2.02. The Labute approximate surface area is 127 Å². The number of ether oxygens (including phenoxy) is 1. The Morgan fingerprint density at radius 2 is 1.63 bits per heavy atom. The second kappa shape index (κ2) is 6.44. The molecule has 0 heterocycles. The third-order valence-electron chi connectivity index (χ3n) is 3.23. The summed E-state index contributed by atoms with van der Waals surface area (Å²) in [6, 6.07) is 12.0.